The number of benzene rings is 2. The summed E-state index contributed by atoms with van der Waals surface area (Å²) in [4.78, 5) is 48.1. The summed E-state index contributed by atoms with van der Waals surface area (Å²) in [6.07, 6.45) is 5.04. The van der Waals surface area contributed by atoms with Crippen LogP contribution in [0.3, 0.4) is 0 Å². The van der Waals surface area contributed by atoms with Crippen molar-refractivity contribution in [3.63, 3.8) is 0 Å². The van der Waals surface area contributed by atoms with E-state index in [1.165, 1.54) is 6.08 Å². The Labute approximate surface area is 189 Å². The quantitative estimate of drug-likeness (QED) is 0.304. The van der Waals surface area contributed by atoms with Crippen LogP contribution in [0.1, 0.15) is 18.5 Å². The number of phenols is 1. The lowest BCUT2D eigenvalue weighted by Crippen LogP contribution is -2.05. The zero-order valence-electron chi connectivity index (χ0n) is 17.2. The van der Waals surface area contributed by atoms with Gasteiger partial charge >= 0.3 is 11.4 Å². The van der Waals surface area contributed by atoms with Crippen molar-refractivity contribution >= 4 is 39.6 Å². The molecule has 3 N–H and O–H groups in total. The van der Waals surface area contributed by atoms with Crippen LogP contribution in [0.25, 0.3) is 16.7 Å². The van der Waals surface area contributed by atoms with Crippen molar-refractivity contribution in [2.75, 3.05) is 0 Å². The molecular formula is C20H16N6O8. The van der Waals surface area contributed by atoms with Gasteiger partial charge in [0.15, 0.2) is 5.78 Å². The lowest BCUT2D eigenvalue weighted by Gasteiger charge is -2.02. The molecule has 0 saturated heterocycles. The monoisotopic (exact) mass is 468 g/mol. The van der Waals surface area contributed by atoms with Crippen LogP contribution in [0.5, 0.6) is 5.75 Å². The predicted molar refractivity (Wildman–Crippen MR) is 118 cm³/mol. The average molecular weight is 468 g/mol. The number of phenolic OH excluding ortho intramolecular Hbond substituents is 1. The van der Waals surface area contributed by atoms with Crippen molar-refractivity contribution in [3.05, 3.63) is 84.7 Å². The van der Waals surface area contributed by atoms with Crippen LogP contribution in [-0.2, 0) is 4.79 Å². The van der Waals surface area contributed by atoms with Crippen molar-refractivity contribution in [2.24, 2.45) is 11.7 Å². The van der Waals surface area contributed by atoms with Crippen LogP contribution in [-0.4, -0.2) is 35.6 Å². The van der Waals surface area contributed by atoms with E-state index in [1.807, 2.05) is 24.3 Å². The van der Waals surface area contributed by atoms with E-state index < -0.39 is 37.6 Å². The third kappa shape index (κ3) is 5.42. The van der Waals surface area contributed by atoms with Crippen LogP contribution >= 0.6 is 0 Å². The highest BCUT2D eigenvalue weighted by atomic mass is 16.6. The van der Waals surface area contributed by atoms with Gasteiger partial charge in [-0.2, -0.15) is 0 Å². The first-order chi connectivity index (χ1) is 16.1. The van der Waals surface area contributed by atoms with Crippen molar-refractivity contribution in [1.82, 2.24) is 9.97 Å². The number of hydrogen-bond acceptors (Lipinski definition) is 11. The Kier molecular flexibility index (Phi) is 6.71. The van der Waals surface area contributed by atoms with E-state index in [2.05, 4.69) is 9.97 Å². The minimum absolute atomic E-state index is 0.0995. The van der Waals surface area contributed by atoms with Crippen LogP contribution < -0.4 is 5.73 Å². The number of nitro benzene ring substituents is 3. The maximum Gasteiger partial charge on any atom is 0.324 e. The van der Waals surface area contributed by atoms with E-state index in [-0.39, 0.29) is 11.7 Å². The second-order valence-electron chi connectivity index (χ2n) is 7.12. The molecule has 0 unspecified atom stereocenters. The highest BCUT2D eigenvalue weighted by Crippen LogP contribution is 2.39. The second kappa shape index (κ2) is 9.64. The van der Waals surface area contributed by atoms with Crippen LogP contribution in [0.4, 0.5) is 17.1 Å². The molecule has 174 valence electrons. The number of nitrogens with zero attached hydrogens (tertiary/aromatic N) is 5. The van der Waals surface area contributed by atoms with Gasteiger partial charge in [-0.25, -0.2) is 4.98 Å². The average Bonchev–Trinajstić information content (AvgIpc) is 3.64. The number of nitro groups is 3. The molecule has 1 heterocycles. The largest absolute Gasteiger partial charge is 0.497 e. The Hall–Kier alpha value is -5.01. The van der Waals surface area contributed by atoms with Gasteiger partial charge in [0, 0.05) is 12.0 Å². The summed E-state index contributed by atoms with van der Waals surface area (Å²) < 4.78 is 0. The number of aromatic nitrogens is 2. The summed E-state index contributed by atoms with van der Waals surface area (Å²) in [5.41, 5.74) is 5.44. The molecule has 4 rings (SSSR count). The maximum atomic E-state index is 11.6. The molecular weight excluding hydrogens is 452 g/mol. The van der Waals surface area contributed by atoms with Gasteiger partial charge in [-0.1, -0.05) is 12.1 Å². The molecule has 2 aromatic carbocycles. The molecule has 14 nitrogen and oxygen atoms in total. The molecule has 14 heteroatoms. The van der Waals surface area contributed by atoms with Crippen LogP contribution in [0.2, 0.25) is 0 Å². The molecule has 0 amide bonds. The first kappa shape index (κ1) is 23.6. The highest BCUT2D eigenvalue weighted by Gasteiger charge is 2.30. The lowest BCUT2D eigenvalue weighted by molar-refractivity contribution is -0.404. The Bertz CT molecular complexity index is 1320. The Morgan fingerprint density at radius 3 is 2.06 bits per heavy atom. The van der Waals surface area contributed by atoms with Crippen LogP contribution in [0, 0.1) is 36.3 Å². The zero-order chi connectivity index (χ0) is 25.0. The Balaban J connectivity index is 0.000000192. The van der Waals surface area contributed by atoms with E-state index in [0.717, 1.165) is 23.9 Å². The normalized spacial score (nSPS) is 13.0. The number of non-ortho nitro benzene ring substituents is 1. The number of para-hydroxylation sites is 2. The van der Waals surface area contributed by atoms with Crippen molar-refractivity contribution in [3.8, 4) is 5.75 Å². The molecule has 0 atom stereocenters. The van der Waals surface area contributed by atoms with Crippen molar-refractivity contribution in [2.45, 2.75) is 12.8 Å². The van der Waals surface area contributed by atoms with Gasteiger partial charge < -0.3 is 10.8 Å². The smallest absolute Gasteiger partial charge is 0.324 e. The lowest BCUT2D eigenvalue weighted by atomic mass is 10.2. The summed E-state index contributed by atoms with van der Waals surface area (Å²) in [7, 11) is 0. The van der Waals surface area contributed by atoms with Gasteiger partial charge in [-0.15, -0.1) is 0 Å². The molecule has 1 aliphatic carbocycles. The molecule has 0 spiro atoms. The number of rotatable bonds is 6. The molecule has 0 aliphatic heterocycles. The highest BCUT2D eigenvalue weighted by molar-refractivity contribution is 5.98. The third-order valence-electron chi connectivity index (χ3n) is 4.68. The minimum Gasteiger partial charge on any atom is -0.497 e. The van der Waals surface area contributed by atoms with Gasteiger partial charge in [0.1, 0.15) is 5.69 Å². The summed E-state index contributed by atoms with van der Waals surface area (Å²) in [6.45, 7) is 0. The summed E-state index contributed by atoms with van der Waals surface area (Å²) >= 11 is 0. The van der Waals surface area contributed by atoms with E-state index in [9.17, 15) is 35.1 Å². The summed E-state index contributed by atoms with van der Waals surface area (Å²) in [5, 5.41) is 40.2. The van der Waals surface area contributed by atoms with Gasteiger partial charge in [-0.3, -0.25) is 40.1 Å². The zero-order valence-corrected chi connectivity index (χ0v) is 17.2. The standard InChI is InChI=1S/C14H13N3O.C6H3N3O7/c15-10(7-14(18)9-5-6-9)13-8-16-11-3-1-2-4-12(11)17-13;10-6-4(8(13)14)1-3(7(11)12)2-5(6)9(15)16/h1-4,7-9H,5-6,15H2;1-2,10H. The topological polar surface area (TPSA) is 219 Å². The number of fused-ring (bicyclic) bond motifs is 1. The molecule has 3 aromatic rings. The number of allylic oxidation sites excluding steroid dienone is 1. The van der Waals surface area contributed by atoms with E-state index in [1.54, 1.807) is 6.20 Å². The molecule has 34 heavy (non-hydrogen) atoms. The molecule has 1 saturated carbocycles. The molecule has 0 radical (unpaired) electrons. The predicted octanol–water partition coefficient (Wildman–Crippen LogP) is 3.03. The fourth-order valence-corrected chi connectivity index (χ4v) is 2.78. The van der Waals surface area contributed by atoms with E-state index in [4.69, 9.17) is 10.8 Å². The van der Waals surface area contributed by atoms with Crippen LogP contribution in [0.15, 0.2) is 48.7 Å². The molecule has 0 bridgehead atoms. The first-order valence-electron chi connectivity index (χ1n) is 9.61. The summed E-state index contributed by atoms with van der Waals surface area (Å²) in [6, 6.07) is 8.47. The second-order valence-corrected chi connectivity index (χ2v) is 7.12. The Morgan fingerprint density at radius 1 is 1.00 bits per heavy atom. The van der Waals surface area contributed by atoms with Crippen molar-refractivity contribution < 1.29 is 24.7 Å². The fraction of sp³-hybridized carbons (Fsp3) is 0.150. The third-order valence-corrected chi connectivity index (χ3v) is 4.68. The van der Waals surface area contributed by atoms with Crippen molar-refractivity contribution in [1.29, 1.82) is 0 Å². The first-order valence-corrected chi connectivity index (χ1v) is 9.61. The molecule has 1 aliphatic rings. The van der Waals surface area contributed by atoms with E-state index >= 15 is 0 Å². The van der Waals surface area contributed by atoms with Gasteiger partial charge in [-0.05, 0) is 25.0 Å². The number of hydrogen-bond donors (Lipinski definition) is 2. The van der Waals surface area contributed by atoms with Gasteiger partial charge in [0.05, 0.1) is 49.8 Å². The number of ketones is 1. The summed E-state index contributed by atoms with van der Waals surface area (Å²) in [5.74, 6) is -0.931. The number of carbonyl (C=O) groups is 1. The minimum atomic E-state index is -1.21. The maximum absolute atomic E-state index is 11.6. The SMILES string of the molecule is NC(=CC(=O)C1CC1)c1cnc2ccccc2n1.O=[N+]([O-])c1cc([N+](=O)[O-])c(O)c([N+](=O)[O-])c1. The van der Waals surface area contributed by atoms with E-state index in [0.29, 0.717) is 23.5 Å². The molecule has 1 aromatic heterocycles. The van der Waals surface area contributed by atoms with Gasteiger partial charge in [0.25, 0.3) is 11.4 Å². The number of nitrogens with two attached hydrogens (primary N) is 1. The molecule has 1 fully saturated rings. The fourth-order valence-electron chi connectivity index (χ4n) is 2.78. The number of aromatic hydroxyl groups is 1. The number of carbonyl (C=O) groups excluding carboxylic acids is 1. The van der Waals surface area contributed by atoms with Gasteiger partial charge in [0.2, 0.25) is 0 Å². The Morgan fingerprint density at radius 2 is 1.56 bits per heavy atom.